The first-order valence-corrected chi connectivity index (χ1v) is 9.40. The molecule has 3 aliphatic rings. The molecule has 0 aromatic heterocycles. The van der Waals surface area contributed by atoms with Gasteiger partial charge in [0.15, 0.2) is 11.6 Å². The van der Waals surface area contributed by atoms with E-state index in [4.69, 9.17) is 9.47 Å². The Morgan fingerprint density at radius 1 is 1.31 bits per heavy atom. The van der Waals surface area contributed by atoms with Gasteiger partial charge in [-0.15, -0.1) is 0 Å². The van der Waals surface area contributed by atoms with Crippen molar-refractivity contribution >= 4 is 6.09 Å². The lowest BCUT2D eigenvalue weighted by molar-refractivity contribution is 0.0356. The molecule has 0 spiro atoms. The molecule has 4 nitrogen and oxygen atoms in total. The number of piperidine rings is 1. The standard InChI is InChI=1S/C20H25F2NO3/c1-19-6-7-20(19,12-19)13-26-18(24)23-8-2-3-14(10-23)11-25-15-4-5-16(21)17(22)9-15/h4-5,9,14H,2-3,6-8,10-13H2,1H3. The second-order valence-corrected chi connectivity index (χ2v) is 8.41. The Morgan fingerprint density at radius 3 is 2.81 bits per heavy atom. The van der Waals surface area contributed by atoms with Crippen LogP contribution in [0.25, 0.3) is 0 Å². The van der Waals surface area contributed by atoms with Gasteiger partial charge in [0.2, 0.25) is 0 Å². The van der Waals surface area contributed by atoms with E-state index in [2.05, 4.69) is 6.92 Å². The Morgan fingerprint density at radius 2 is 2.15 bits per heavy atom. The lowest BCUT2D eigenvalue weighted by Gasteiger charge is -2.35. The summed E-state index contributed by atoms with van der Waals surface area (Å²) in [6.45, 7) is 4.46. The maximum Gasteiger partial charge on any atom is 0.409 e. The summed E-state index contributed by atoms with van der Waals surface area (Å²) < 4.78 is 37.4. The Bertz CT molecular complexity index is 712. The first-order chi connectivity index (χ1) is 12.4. The van der Waals surface area contributed by atoms with Crippen molar-refractivity contribution < 1.29 is 23.0 Å². The van der Waals surface area contributed by atoms with E-state index in [0.717, 1.165) is 25.0 Å². The number of hydrogen-bond donors (Lipinski definition) is 0. The number of hydrogen-bond acceptors (Lipinski definition) is 3. The van der Waals surface area contributed by atoms with Gasteiger partial charge in [-0.2, -0.15) is 0 Å². The first-order valence-electron chi connectivity index (χ1n) is 9.40. The Balaban J connectivity index is 1.24. The van der Waals surface area contributed by atoms with E-state index in [1.165, 1.54) is 25.3 Å². The predicted molar refractivity (Wildman–Crippen MR) is 91.9 cm³/mol. The number of likely N-dealkylation sites (tertiary alicyclic amines) is 1. The maximum atomic E-state index is 13.2. The van der Waals surface area contributed by atoms with E-state index >= 15 is 0 Å². The molecule has 0 radical (unpaired) electrons. The highest BCUT2D eigenvalue weighted by atomic mass is 19.2. The lowest BCUT2D eigenvalue weighted by Crippen LogP contribution is -2.43. The summed E-state index contributed by atoms with van der Waals surface area (Å²) in [6, 6.07) is 3.52. The summed E-state index contributed by atoms with van der Waals surface area (Å²) in [5, 5.41) is 0. The molecule has 0 bridgehead atoms. The molecule has 1 saturated heterocycles. The van der Waals surface area contributed by atoms with E-state index in [1.54, 1.807) is 4.90 Å². The fraction of sp³-hybridized carbons (Fsp3) is 0.650. The smallest absolute Gasteiger partial charge is 0.409 e. The summed E-state index contributed by atoms with van der Waals surface area (Å²) in [5.74, 6) is -1.33. The van der Waals surface area contributed by atoms with Crippen molar-refractivity contribution in [2.24, 2.45) is 16.7 Å². The molecule has 1 aliphatic heterocycles. The van der Waals surface area contributed by atoms with Crippen molar-refractivity contribution in [3.63, 3.8) is 0 Å². The van der Waals surface area contributed by atoms with Crippen LogP contribution in [0.4, 0.5) is 13.6 Å². The van der Waals surface area contributed by atoms with Crippen LogP contribution in [0.3, 0.4) is 0 Å². The van der Waals surface area contributed by atoms with E-state index in [9.17, 15) is 13.6 Å². The SMILES string of the molecule is CC12CCC1(COC(=O)N1CCCC(COc3ccc(F)c(F)c3)C1)C2. The molecule has 1 aromatic carbocycles. The minimum atomic E-state index is -0.918. The summed E-state index contributed by atoms with van der Waals surface area (Å²) in [5.41, 5.74) is 0.670. The molecule has 142 valence electrons. The highest BCUT2D eigenvalue weighted by molar-refractivity contribution is 5.67. The number of halogens is 2. The highest BCUT2D eigenvalue weighted by Crippen LogP contribution is 2.77. The van der Waals surface area contributed by atoms with Crippen LogP contribution in [0.2, 0.25) is 0 Å². The van der Waals surface area contributed by atoms with Crippen LogP contribution in [-0.4, -0.2) is 37.3 Å². The Labute approximate surface area is 152 Å². The van der Waals surface area contributed by atoms with Gasteiger partial charge in [-0.1, -0.05) is 6.92 Å². The molecule has 0 N–H and O–H groups in total. The molecule has 3 atom stereocenters. The van der Waals surface area contributed by atoms with Gasteiger partial charge >= 0.3 is 6.09 Å². The minimum Gasteiger partial charge on any atom is -0.493 e. The van der Waals surface area contributed by atoms with Crippen molar-refractivity contribution in [1.82, 2.24) is 4.90 Å². The largest absolute Gasteiger partial charge is 0.493 e. The summed E-state index contributed by atoms with van der Waals surface area (Å²) >= 11 is 0. The molecule has 6 heteroatoms. The molecule has 1 amide bonds. The molecule has 1 heterocycles. The lowest BCUT2D eigenvalue weighted by atomic mass is 9.75. The third kappa shape index (κ3) is 3.14. The summed E-state index contributed by atoms with van der Waals surface area (Å²) in [6.07, 6.45) is 5.19. The van der Waals surface area contributed by atoms with Gasteiger partial charge in [0.05, 0.1) is 13.2 Å². The van der Waals surface area contributed by atoms with Crippen molar-refractivity contribution in [3.8, 4) is 5.75 Å². The van der Waals surface area contributed by atoms with Crippen LogP contribution >= 0.6 is 0 Å². The zero-order valence-corrected chi connectivity index (χ0v) is 15.1. The summed E-state index contributed by atoms with van der Waals surface area (Å²) in [7, 11) is 0. The number of ether oxygens (including phenoxy) is 2. The Kier molecular flexibility index (Phi) is 4.32. The van der Waals surface area contributed by atoms with Crippen molar-refractivity contribution in [2.45, 2.75) is 39.0 Å². The Hall–Kier alpha value is -1.85. The van der Waals surface area contributed by atoms with Crippen molar-refractivity contribution in [1.29, 1.82) is 0 Å². The molecule has 3 fully saturated rings. The number of carbonyl (C=O) groups excluding carboxylic acids is 1. The monoisotopic (exact) mass is 365 g/mol. The number of nitrogens with zero attached hydrogens (tertiary/aromatic N) is 1. The van der Waals surface area contributed by atoms with Crippen LogP contribution in [0, 0.1) is 28.4 Å². The van der Waals surface area contributed by atoms with Gasteiger partial charge in [0.1, 0.15) is 5.75 Å². The second-order valence-electron chi connectivity index (χ2n) is 8.41. The normalized spacial score (nSPS) is 32.4. The van der Waals surface area contributed by atoms with Gasteiger partial charge < -0.3 is 14.4 Å². The molecule has 1 aromatic rings. The van der Waals surface area contributed by atoms with Crippen molar-refractivity contribution in [3.05, 3.63) is 29.8 Å². The zero-order valence-electron chi connectivity index (χ0n) is 15.1. The molecule has 4 rings (SSSR count). The van der Waals surface area contributed by atoms with E-state index in [-0.39, 0.29) is 17.4 Å². The van der Waals surface area contributed by atoms with Crippen LogP contribution in [0.5, 0.6) is 5.75 Å². The number of rotatable bonds is 5. The zero-order chi connectivity index (χ0) is 18.4. The molecular formula is C20H25F2NO3. The first kappa shape index (κ1) is 17.6. The van der Waals surface area contributed by atoms with E-state index in [0.29, 0.717) is 37.5 Å². The number of carbonyl (C=O) groups is 1. The maximum absolute atomic E-state index is 13.2. The summed E-state index contributed by atoms with van der Waals surface area (Å²) in [4.78, 5) is 14.1. The van der Waals surface area contributed by atoms with Crippen LogP contribution in [0.1, 0.15) is 39.0 Å². The third-order valence-electron chi connectivity index (χ3n) is 6.67. The predicted octanol–water partition coefficient (Wildman–Crippen LogP) is 4.38. The van der Waals surface area contributed by atoms with Crippen molar-refractivity contribution in [2.75, 3.05) is 26.3 Å². The van der Waals surface area contributed by atoms with Crippen LogP contribution in [0.15, 0.2) is 18.2 Å². The molecule has 2 aliphatic carbocycles. The van der Waals surface area contributed by atoms with Gasteiger partial charge in [-0.3, -0.25) is 0 Å². The number of amides is 1. The molecule has 26 heavy (non-hydrogen) atoms. The van der Waals surface area contributed by atoms with Gasteiger partial charge in [0, 0.05) is 30.5 Å². The van der Waals surface area contributed by atoms with E-state index < -0.39 is 11.6 Å². The fourth-order valence-corrected chi connectivity index (χ4v) is 4.52. The molecule has 3 unspecified atom stereocenters. The van der Waals surface area contributed by atoms with Crippen LogP contribution < -0.4 is 4.74 Å². The average molecular weight is 365 g/mol. The third-order valence-corrected chi connectivity index (χ3v) is 6.67. The van der Waals surface area contributed by atoms with Crippen LogP contribution in [-0.2, 0) is 4.74 Å². The van der Waals surface area contributed by atoms with Gasteiger partial charge in [-0.25, -0.2) is 13.6 Å². The van der Waals surface area contributed by atoms with Gasteiger partial charge in [-0.05, 0) is 49.7 Å². The highest BCUT2D eigenvalue weighted by Gasteiger charge is 2.71. The fourth-order valence-electron chi connectivity index (χ4n) is 4.52. The topological polar surface area (TPSA) is 38.8 Å². The minimum absolute atomic E-state index is 0.164. The average Bonchev–Trinajstić information content (AvgIpc) is 3.06. The quantitative estimate of drug-likeness (QED) is 0.777. The number of benzene rings is 1. The second kappa shape index (κ2) is 6.39. The number of fused-ring (bicyclic) bond motifs is 1. The molecule has 2 saturated carbocycles. The van der Waals surface area contributed by atoms with E-state index in [1.807, 2.05) is 0 Å². The van der Waals surface area contributed by atoms with Gasteiger partial charge in [0.25, 0.3) is 0 Å². The molecular weight excluding hydrogens is 340 g/mol.